The van der Waals surface area contributed by atoms with Crippen LogP contribution >= 0.6 is 11.8 Å². The van der Waals surface area contributed by atoms with Gasteiger partial charge in [-0.2, -0.15) is 11.8 Å². The maximum absolute atomic E-state index is 13.4. The molecule has 0 amide bonds. The normalized spacial score (nSPS) is 12.5. The molecule has 1 aromatic carbocycles. The van der Waals surface area contributed by atoms with Crippen LogP contribution in [0.1, 0.15) is 19.4 Å². The molecule has 0 saturated carbocycles. The molecule has 0 aromatic heterocycles. The lowest BCUT2D eigenvalue weighted by molar-refractivity contribution is 0.386. The van der Waals surface area contributed by atoms with Crippen LogP contribution in [-0.4, -0.2) is 24.7 Å². The Morgan fingerprint density at radius 2 is 2.24 bits per heavy atom. The zero-order valence-corrected chi connectivity index (χ0v) is 11.4. The van der Waals surface area contributed by atoms with E-state index in [0.29, 0.717) is 18.3 Å². The van der Waals surface area contributed by atoms with Crippen molar-refractivity contribution in [1.82, 2.24) is 5.32 Å². The number of benzene rings is 1. The lowest BCUT2D eigenvalue weighted by Crippen LogP contribution is -2.27. The van der Waals surface area contributed by atoms with E-state index in [-0.39, 0.29) is 5.82 Å². The van der Waals surface area contributed by atoms with Gasteiger partial charge in [-0.05, 0) is 30.4 Å². The van der Waals surface area contributed by atoms with E-state index < -0.39 is 0 Å². The fraction of sp³-hybridized carbons (Fsp3) is 0.538. The molecule has 0 bridgehead atoms. The van der Waals surface area contributed by atoms with Gasteiger partial charge in [0.2, 0.25) is 0 Å². The SMILES string of the molecule is CCSCC(C)NCc1ccc(OC)c(F)c1. The van der Waals surface area contributed by atoms with Crippen molar-refractivity contribution in [2.45, 2.75) is 26.4 Å². The smallest absolute Gasteiger partial charge is 0.165 e. The number of methoxy groups -OCH3 is 1. The van der Waals surface area contributed by atoms with Crippen LogP contribution in [0.5, 0.6) is 5.75 Å². The molecule has 4 heteroatoms. The number of hydrogen-bond donors (Lipinski definition) is 1. The average Bonchev–Trinajstić information content (AvgIpc) is 2.34. The van der Waals surface area contributed by atoms with Crippen LogP contribution in [0, 0.1) is 5.82 Å². The molecule has 0 saturated heterocycles. The molecule has 96 valence electrons. The first-order chi connectivity index (χ1) is 8.17. The van der Waals surface area contributed by atoms with E-state index in [2.05, 4.69) is 19.2 Å². The van der Waals surface area contributed by atoms with Gasteiger partial charge in [0.05, 0.1) is 7.11 Å². The summed E-state index contributed by atoms with van der Waals surface area (Å²) in [5, 5.41) is 3.37. The summed E-state index contributed by atoms with van der Waals surface area (Å²) >= 11 is 1.90. The first kappa shape index (κ1) is 14.3. The number of rotatable bonds is 7. The lowest BCUT2D eigenvalue weighted by Gasteiger charge is -2.13. The maximum Gasteiger partial charge on any atom is 0.165 e. The molecular weight excluding hydrogens is 237 g/mol. The Hall–Kier alpha value is -0.740. The minimum absolute atomic E-state index is 0.295. The first-order valence-electron chi connectivity index (χ1n) is 5.81. The first-order valence-corrected chi connectivity index (χ1v) is 6.96. The molecule has 0 aliphatic heterocycles. The molecule has 1 atom stereocenters. The standard InChI is InChI=1S/C13H20FNOS/c1-4-17-9-10(2)15-8-11-5-6-13(16-3)12(14)7-11/h5-7,10,15H,4,8-9H2,1-3H3. The monoisotopic (exact) mass is 257 g/mol. The zero-order valence-electron chi connectivity index (χ0n) is 10.6. The number of thioether (sulfide) groups is 1. The minimum atomic E-state index is -0.303. The highest BCUT2D eigenvalue weighted by atomic mass is 32.2. The highest BCUT2D eigenvalue weighted by Crippen LogP contribution is 2.17. The van der Waals surface area contributed by atoms with Gasteiger partial charge in [0, 0.05) is 18.3 Å². The topological polar surface area (TPSA) is 21.3 Å². The van der Waals surface area contributed by atoms with Crippen LogP contribution in [0.25, 0.3) is 0 Å². The van der Waals surface area contributed by atoms with Crippen molar-refractivity contribution in [3.8, 4) is 5.75 Å². The Morgan fingerprint density at radius 1 is 1.47 bits per heavy atom. The Morgan fingerprint density at radius 3 is 2.82 bits per heavy atom. The largest absolute Gasteiger partial charge is 0.494 e. The van der Waals surface area contributed by atoms with Crippen LogP contribution < -0.4 is 10.1 Å². The predicted molar refractivity (Wildman–Crippen MR) is 72.3 cm³/mol. The van der Waals surface area contributed by atoms with Crippen LogP contribution in [0.15, 0.2) is 18.2 Å². The zero-order chi connectivity index (χ0) is 12.7. The number of nitrogens with one attached hydrogen (secondary N) is 1. The van der Waals surface area contributed by atoms with Gasteiger partial charge in [0.15, 0.2) is 11.6 Å². The van der Waals surface area contributed by atoms with E-state index in [1.165, 1.54) is 13.2 Å². The molecule has 0 heterocycles. The molecule has 0 radical (unpaired) electrons. The second kappa shape index (κ2) is 7.56. The summed E-state index contributed by atoms with van der Waals surface area (Å²) in [5.74, 6) is 2.20. The van der Waals surface area contributed by atoms with Gasteiger partial charge >= 0.3 is 0 Å². The summed E-state index contributed by atoms with van der Waals surface area (Å²) in [6.45, 7) is 4.98. The lowest BCUT2D eigenvalue weighted by atomic mass is 10.2. The van der Waals surface area contributed by atoms with Crippen LogP contribution in [0.4, 0.5) is 4.39 Å². The van der Waals surface area contributed by atoms with Crippen molar-refractivity contribution in [3.05, 3.63) is 29.6 Å². The third-order valence-corrected chi connectivity index (χ3v) is 3.59. The van der Waals surface area contributed by atoms with Gasteiger partial charge in [-0.25, -0.2) is 4.39 Å². The Bertz CT molecular complexity index is 346. The Balaban J connectivity index is 2.44. The van der Waals surface area contributed by atoms with Crippen molar-refractivity contribution in [2.75, 3.05) is 18.6 Å². The van der Waals surface area contributed by atoms with Gasteiger partial charge in [-0.1, -0.05) is 13.0 Å². The number of halogens is 1. The van der Waals surface area contributed by atoms with Crippen molar-refractivity contribution in [3.63, 3.8) is 0 Å². The molecule has 1 rings (SSSR count). The number of hydrogen-bond acceptors (Lipinski definition) is 3. The van der Waals surface area contributed by atoms with Gasteiger partial charge in [-0.15, -0.1) is 0 Å². The summed E-state index contributed by atoms with van der Waals surface area (Å²) in [6, 6.07) is 5.50. The van der Waals surface area contributed by atoms with E-state index in [0.717, 1.165) is 17.1 Å². The average molecular weight is 257 g/mol. The van der Waals surface area contributed by atoms with Crippen LogP contribution in [0.3, 0.4) is 0 Å². The van der Waals surface area contributed by atoms with Gasteiger partial charge in [0.1, 0.15) is 0 Å². The molecule has 2 nitrogen and oxygen atoms in total. The summed E-state index contributed by atoms with van der Waals surface area (Å²) in [7, 11) is 1.47. The van der Waals surface area contributed by atoms with E-state index >= 15 is 0 Å². The summed E-state index contributed by atoms with van der Waals surface area (Å²) in [5.41, 5.74) is 0.941. The quantitative estimate of drug-likeness (QED) is 0.811. The van der Waals surface area contributed by atoms with Crippen molar-refractivity contribution in [1.29, 1.82) is 0 Å². The van der Waals surface area contributed by atoms with Crippen molar-refractivity contribution < 1.29 is 9.13 Å². The van der Waals surface area contributed by atoms with Gasteiger partial charge in [-0.3, -0.25) is 0 Å². The number of ether oxygens (including phenoxy) is 1. The van der Waals surface area contributed by atoms with E-state index in [4.69, 9.17) is 4.74 Å². The third-order valence-electron chi connectivity index (χ3n) is 2.44. The second-order valence-electron chi connectivity index (χ2n) is 3.91. The highest BCUT2D eigenvalue weighted by Gasteiger charge is 2.05. The molecule has 0 fully saturated rings. The molecule has 17 heavy (non-hydrogen) atoms. The Labute approximate surface area is 107 Å². The molecule has 1 aromatic rings. The molecule has 0 aliphatic carbocycles. The van der Waals surface area contributed by atoms with Gasteiger partial charge < -0.3 is 10.1 Å². The third kappa shape index (κ3) is 4.96. The van der Waals surface area contributed by atoms with Crippen molar-refractivity contribution in [2.24, 2.45) is 0 Å². The highest BCUT2D eigenvalue weighted by molar-refractivity contribution is 7.99. The van der Waals surface area contributed by atoms with E-state index in [1.807, 2.05) is 17.8 Å². The minimum Gasteiger partial charge on any atom is -0.494 e. The van der Waals surface area contributed by atoms with Crippen LogP contribution in [-0.2, 0) is 6.54 Å². The second-order valence-corrected chi connectivity index (χ2v) is 5.23. The summed E-state index contributed by atoms with van der Waals surface area (Å²) < 4.78 is 18.3. The molecule has 1 unspecified atom stereocenters. The van der Waals surface area contributed by atoms with Crippen LogP contribution in [0.2, 0.25) is 0 Å². The van der Waals surface area contributed by atoms with Gasteiger partial charge in [0.25, 0.3) is 0 Å². The fourth-order valence-corrected chi connectivity index (χ4v) is 2.17. The Kier molecular flexibility index (Phi) is 6.37. The summed E-state index contributed by atoms with van der Waals surface area (Å²) in [6.07, 6.45) is 0. The molecule has 1 N–H and O–H groups in total. The van der Waals surface area contributed by atoms with Crippen molar-refractivity contribution >= 4 is 11.8 Å². The summed E-state index contributed by atoms with van der Waals surface area (Å²) in [4.78, 5) is 0. The van der Waals surface area contributed by atoms with E-state index in [9.17, 15) is 4.39 Å². The molecule has 0 aliphatic rings. The molecule has 0 spiro atoms. The predicted octanol–water partition coefficient (Wildman–Crippen LogP) is 3.07. The maximum atomic E-state index is 13.4. The van der Waals surface area contributed by atoms with E-state index in [1.54, 1.807) is 6.07 Å². The fourth-order valence-electron chi connectivity index (χ4n) is 1.47. The molecular formula is C13H20FNOS.